The lowest BCUT2D eigenvalue weighted by molar-refractivity contribution is 0.511. The lowest BCUT2D eigenvalue weighted by Gasteiger charge is -2.16. The highest BCUT2D eigenvalue weighted by molar-refractivity contribution is 7.10. The zero-order chi connectivity index (χ0) is 12.9. The molecule has 1 aliphatic rings. The van der Waals surface area contributed by atoms with Gasteiger partial charge in [-0.3, -0.25) is 0 Å². The molecule has 3 heteroatoms. The van der Waals surface area contributed by atoms with Crippen molar-refractivity contribution >= 4 is 22.7 Å². The average Bonchev–Trinajstić information content (AvgIpc) is 2.92. The van der Waals surface area contributed by atoms with E-state index in [0.29, 0.717) is 6.04 Å². The Morgan fingerprint density at radius 1 is 1.16 bits per heavy atom. The maximum atomic E-state index is 3.76. The molecule has 0 aliphatic heterocycles. The summed E-state index contributed by atoms with van der Waals surface area (Å²) < 4.78 is 0. The maximum absolute atomic E-state index is 3.76. The first kappa shape index (κ1) is 13.3. The van der Waals surface area contributed by atoms with Gasteiger partial charge in [0.25, 0.3) is 0 Å². The molecule has 1 fully saturated rings. The minimum atomic E-state index is 0.498. The fourth-order valence-electron chi connectivity index (χ4n) is 2.47. The fraction of sp³-hybridized carbons (Fsp3) is 0.500. The van der Waals surface area contributed by atoms with Gasteiger partial charge in [0.15, 0.2) is 0 Å². The summed E-state index contributed by atoms with van der Waals surface area (Å²) in [6.07, 6.45) is 6.83. The van der Waals surface area contributed by atoms with Crippen molar-refractivity contribution in [3.8, 4) is 0 Å². The molecular weight excluding hydrogens is 270 g/mol. The third kappa shape index (κ3) is 4.16. The second-order valence-electron chi connectivity index (χ2n) is 5.39. The summed E-state index contributed by atoms with van der Waals surface area (Å²) in [6, 6.07) is 9.32. The van der Waals surface area contributed by atoms with E-state index in [1.165, 1.54) is 35.4 Å². The zero-order valence-corrected chi connectivity index (χ0v) is 12.8. The Hall–Kier alpha value is -0.640. The number of rotatable bonds is 8. The summed E-state index contributed by atoms with van der Waals surface area (Å²) in [5.74, 6) is 1.05. The van der Waals surface area contributed by atoms with E-state index in [-0.39, 0.29) is 0 Å². The third-order valence-corrected chi connectivity index (χ3v) is 5.63. The molecule has 0 radical (unpaired) electrons. The maximum Gasteiger partial charge on any atom is 0.0463 e. The van der Waals surface area contributed by atoms with Crippen LogP contribution in [0.3, 0.4) is 0 Å². The summed E-state index contributed by atoms with van der Waals surface area (Å²) in [5, 5.41) is 8.12. The van der Waals surface area contributed by atoms with Crippen molar-refractivity contribution in [2.24, 2.45) is 5.92 Å². The van der Waals surface area contributed by atoms with Crippen molar-refractivity contribution in [2.75, 3.05) is 6.54 Å². The van der Waals surface area contributed by atoms with Crippen molar-refractivity contribution in [1.29, 1.82) is 0 Å². The molecule has 2 aromatic heterocycles. The van der Waals surface area contributed by atoms with Gasteiger partial charge in [-0.15, -0.1) is 22.7 Å². The molecule has 1 atom stereocenters. The standard InChI is InChI=1S/C16H21NS2/c1(4-13-7-8-13)9-17-15(16-6-3-11-19-16)12-14-5-2-10-18-14/h2-3,5-6,10-11,13,15,17H,1,4,7-9,12H2. The van der Waals surface area contributed by atoms with E-state index in [2.05, 4.69) is 40.3 Å². The topological polar surface area (TPSA) is 12.0 Å². The fourth-order valence-corrected chi connectivity index (χ4v) is 4.02. The first-order valence-corrected chi connectivity index (χ1v) is 8.97. The SMILES string of the molecule is c1csc(CC(NCCCC2CC2)c2cccs2)c1. The van der Waals surface area contributed by atoms with Gasteiger partial charge in [0.2, 0.25) is 0 Å². The van der Waals surface area contributed by atoms with Gasteiger partial charge in [-0.1, -0.05) is 25.0 Å². The second-order valence-corrected chi connectivity index (χ2v) is 7.40. The van der Waals surface area contributed by atoms with Crippen LogP contribution in [0, 0.1) is 5.92 Å². The molecule has 19 heavy (non-hydrogen) atoms. The Labute approximate surface area is 123 Å². The highest BCUT2D eigenvalue weighted by Crippen LogP contribution is 2.33. The molecule has 1 aliphatic carbocycles. The summed E-state index contributed by atoms with van der Waals surface area (Å²) >= 11 is 3.74. The number of thiophene rings is 2. The highest BCUT2D eigenvalue weighted by atomic mass is 32.1. The van der Waals surface area contributed by atoms with Crippen LogP contribution in [0.5, 0.6) is 0 Å². The zero-order valence-electron chi connectivity index (χ0n) is 11.2. The van der Waals surface area contributed by atoms with E-state index in [1.807, 2.05) is 22.7 Å². The molecule has 2 aromatic rings. The first-order valence-electron chi connectivity index (χ1n) is 7.21. The molecule has 0 spiro atoms. The summed E-state index contributed by atoms with van der Waals surface area (Å²) in [7, 11) is 0. The van der Waals surface area contributed by atoms with Crippen molar-refractivity contribution in [1.82, 2.24) is 5.32 Å². The Balaban J connectivity index is 1.52. The summed E-state index contributed by atoms with van der Waals surface area (Å²) in [5.41, 5.74) is 0. The monoisotopic (exact) mass is 291 g/mol. The Morgan fingerprint density at radius 3 is 2.68 bits per heavy atom. The Bertz CT molecular complexity index is 457. The van der Waals surface area contributed by atoms with Crippen molar-refractivity contribution in [2.45, 2.75) is 38.1 Å². The summed E-state index contributed by atoms with van der Waals surface area (Å²) in [6.45, 7) is 1.16. The molecule has 2 heterocycles. The van der Waals surface area contributed by atoms with Gasteiger partial charge < -0.3 is 5.32 Å². The molecule has 1 nitrogen and oxygen atoms in total. The second kappa shape index (κ2) is 6.69. The van der Waals surface area contributed by atoms with E-state index in [1.54, 1.807) is 0 Å². The van der Waals surface area contributed by atoms with Crippen LogP contribution < -0.4 is 5.32 Å². The number of nitrogens with one attached hydrogen (secondary N) is 1. The largest absolute Gasteiger partial charge is 0.309 e. The van der Waals surface area contributed by atoms with Crippen LogP contribution >= 0.6 is 22.7 Å². The molecule has 0 bridgehead atoms. The lowest BCUT2D eigenvalue weighted by Crippen LogP contribution is -2.23. The van der Waals surface area contributed by atoms with Gasteiger partial charge in [-0.05, 0) is 48.2 Å². The van der Waals surface area contributed by atoms with Gasteiger partial charge in [-0.2, -0.15) is 0 Å². The normalized spacial score (nSPS) is 16.6. The van der Waals surface area contributed by atoms with Gasteiger partial charge >= 0.3 is 0 Å². The van der Waals surface area contributed by atoms with E-state index in [9.17, 15) is 0 Å². The van der Waals surface area contributed by atoms with Crippen molar-refractivity contribution in [3.05, 3.63) is 44.8 Å². The molecular formula is C16H21NS2. The molecule has 102 valence electrons. The minimum Gasteiger partial charge on any atom is -0.309 e. The van der Waals surface area contributed by atoms with Crippen LogP contribution in [0.1, 0.15) is 41.5 Å². The molecule has 1 unspecified atom stereocenters. The smallest absolute Gasteiger partial charge is 0.0463 e. The van der Waals surface area contributed by atoms with Crippen molar-refractivity contribution < 1.29 is 0 Å². The van der Waals surface area contributed by atoms with E-state index in [4.69, 9.17) is 0 Å². The van der Waals surface area contributed by atoms with Crippen LogP contribution in [-0.4, -0.2) is 6.54 Å². The predicted molar refractivity (Wildman–Crippen MR) is 85.0 cm³/mol. The van der Waals surface area contributed by atoms with E-state index >= 15 is 0 Å². The molecule has 3 rings (SSSR count). The highest BCUT2D eigenvalue weighted by Gasteiger charge is 2.20. The molecule has 0 amide bonds. The molecule has 1 N–H and O–H groups in total. The Kier molecular flexibility index (Phi) is 4.70. The van der Waals surface area contributed by atoms with Gasteiger partial charge in [0.05, 0.1) is 0 Å². The van der Waals surface area contributed by atoms with E-state index < -0.39 is 0 Å². The number of hydrogen-bond donors (Lipinski definition) is 1. The summed E-state index contributed by atoms with van der Waals surface area (Å²) in [4.78, 5) is 2.95. The lowest BCUT2D eigenvalue weighted by atomic mass is 10.1. The predicted octanol–water partition coefficient (Wildman–Crippen LogP) is 4.87. The molecule has 0 aromatic carbocycles. The Morgan fingerprint density at radius 2 is 2.00 bits per heavy atom. The number of hydrogen-bond acceptors (Lipinski definition) is 3. The average molecular weight is 291 g/mol. The van der Waals surface area contributed by atoms with Crippen LogP contribution in [0.4, 0.5) is 0 Å². The molecule has 1 saturated carbocycles. The van der Waals surface area contributed by atoms with Crippen LogP contribution in [0.2, 0.25) is 0 Å². The van der Waals surface area contributed by atoms with Gasteiger partial charge in [0, 0.05) is 22.2 Å². The molecule has 0 saturated heterocycles. The first-order chi connectivity index (χ1) is 9.42. The van der Waals surface area contributed by atoms with Gasteiger partial charge in [-0.25, -0.2) is 0 Å². The van der Waals surface area contributed by atoms with Gasteiger partial charge in [0.1, 0.15) is 0 Å². The quantitative estimate of drug-likeness (QED) is 0.684. The van der Waals surface area contributed by atoms with Crippen LogP contribution in [0.15, 0.2) is 35.0 Å². The third-order valence-electron chi connectivity index (χ3n) is 3.75. The van der Waals surface area contributed by atoms with Crippen LogP contribution in [0.25, 0.3) is 0 Å². The van der Waals surface area contributed by atoms with Crippen molar-refractivity contribution in [3.63, 3.8) is 0 Å². The minimum absolute atomic E-state index is 0.498. The van der Waals surface area contributed by atoms with E-state index in [0.717, 1.165) is 18.9 Å². The van der Waals surface area contributed by atoms with Crippen LogP contribution in [-0.2, 0) is 6.42 Å².